The third-order valence-electron chi connectivity index (χ3n) is 6.93. The van der Waals surface area contributed by atoms with Crippen LogP contribution in [0.15, 0.2) is 108 Å². The summed E-state index contributed by atoms with van der Waals surface area (Å²) in [6.07, 6.45) is 0.0917. The minimum absolute atomic E-state index is 0.0917. The normalized spacial score (nSPS) is 11.8. The number of nitrogens with one attached hydrogen (secondary N) is 1. The number of sulfonamides is 1. The van der Waals surface area contributed by atoms with Crippen LogP contribution in [0, 0.1) is 11.6 Å². The Bertz CT molecular complexity index is 1670. The van der Waals surface area contributed by atoms with Crippen LogP contribution in [-0.2, 0) is 32.6 Å². The van der Waals surface area contributed by atoms with Gasteiger partial charge in [-0.05, 0) is 67.1 Å². The molecule has 4 aromatic carbocycles. The van der Waals surface area contributed by atoms with Gasteiger partial charge in [-0.2, -0.15) is 0 Å². The highest BCUT2D eigenvalue weighted by atomic mass is 32.2. The van der Waals surface area contributed by atoms with E-state index in [2.05, 4.69) is 5.32 Å². The number of anilines is 1. The third kappa shape index (κ3) is 7.78. The maximum absolute atomic E-state index is 14.9. The number of carbonyl (C=O) groups is 2. The van der Waals surface area contributed by atoms with Crippen molar-refractivity contribution < 1.29 is 31.5 Å². The predicted molar refractivity (Wildman–Crippen MR) is 163 cm³/mol. The lowest BCUT2D eigenvalue weighted by Gasteiger charge is -2.33. The molecule has 44 heavy (non-hydrogen) atoms. The van der Waals surface area contributed by atoms with E-state index >= 15 is 0 Å². The average molecular weight is 622 g/mol. The minimum atomic E-state index is -4.41. The number of benzene rings is 4. The van der Waals surface area contributed by atoms with Crippen LogP contribution >= 0.6 is 0 Å². The Morgan fingerprint density at radius 1 is 0.864 bits per heavy atom. The molecule has 0 spiro atoms. The van der Waals surface area contributed by atoms with Crippen LogP contribution in [0.1, 0.15) is 18.1 Å². The number of likely N-dealkylation sites (N-methyl/N-ethyl adjacent to an activating group) is 1. The fourth-order valence-corrected chi connectivity index (χ4v) is 6.08. The molecule has 0 heterocycles. The summed E-state index contributed by atoms with van der Waals surface area (Å²) in [7, 11) is -2.98. The molecular weight excluding hydrogens is 588 g/mol. The number of ether oxygens (including phenoxy) is 1. The largest absolute Gasteiger partial charge is 0.494 e. The number of nitrogens with zero attached hydrogens (tertiary/aromatic N) is 2. The molecule has 0 bridgehead atoms. The van der Waals surface area contributed by atoms with E-state index in [1.807, 2.05) is 6.07 Å². The fraction of sp³-hybridized carbons (Fsp3) is 0.212. The number of rotatable bonds is 13. The number of hydrogen-bond donors (Lipinski definition) is 1. The summed E-state index contributed by atoms with van der Waals surface area (Å²) in [4.78, 5) is 28.4. The standard InChI is InChI=1S/C33H33F2N3O5S/c1-3-43-28-17-15-27(16-18-28)38(44(41,42)29-19-13-26(34)14-20-29)23-32(39)37(22-25-11-7-8-12-30(25)35)31(33(40)36-2)21-24-9-5-4-6-10-24/h4-20,31H,3,21-23H2,1-2H3,(H,36,40). The molecule has 8 nitrogen and oxygen atoms in total. The summed E-state index contributed by atoms with van der Waals surface area (Å²) in [6.45, 7) is 1.16. The van der Waals surface area contributed by atoms with Crippen molar-refractivity contribution in [1.29, 1.82) is 0 Å². The third-order valence-corrected chi connectivity index (χ3v) is 8.72. The first-order valence-electron chi connectivity index (χ1n) is 13.9. The first-order valence-corrected chi connectivity index (χ1v) is 15.4. The van der Waals surface area contributed by atoms with Crippen LogP contribution < -0.4 is 14.4 Å². The van der Waals surface area contributed by atoms with Gasteiger partial charge in [0.05, 0.1) is 17.2 Å². The highest BCUT2D eigenvalue weighted by molar-refractivity contribution is 7.92. The number of carbonyl (C=O) groups excluding carboxylic acids is 2. The Morgan fingerprint density at radius 2 is 1.50 bits per heavy atom. The fourth-order valence-electron chi connectivity index (χ4n) is 4.67. The maximum Gasteiger partial charge on any atom is 0.264 e. The molecule has 1 unspecified atom stereocenters. The van der Waals surface area contributed by atoms with Gasteiger partial charge >= 0.3 is 0 Å². The van der Waals surface area contributed by atoms with Gasteiger partial charge in [-0.1, -0.05) is 48.5 Å². The highest BCUT2D eigenvalue weighted by Gasteiger charge is 2.34. The SMILES string of the molecule is CCOc1ccc(N(CC(=O)N(Cc2ccccc2F)C(Cc2ccccc2)C(=O)NC)S(=O)(=O)c2ccc(F)cc2)cc1. The molecule has 2 amide bonds. The van der Waals surface area contributed by atoms with E-state index < -0.39 is 46.1 Å². The quantitative estimate of drug-likeness (QED) is 0.228. The predicted octanol–water partition coefficient (Wildman–Crippen LogP) is 4.94. The van der Waals surface area contributed by atoms with Gasteiger partial charge in [-0.25, -0.2) is 17.2 Å². The Labute approximate surface area is 255 Å². The molecule has 1 N–H and O–H groups in total. The zero-order valence-corrected chi connectivity index (χ0v) is 25.1. The summed E-state index contributed by atoms with van der Waals surface area (Å²) < 4.78 is 62.8. The van der Waals surface area contributed by atoms with Crippen LogP contribution in [0.25, 0.3) is 0 Å². The molecule has 0 aliphatic rings. The van der Waals surface area contributed by atoms with Crippen molar-refractivity contribution in [3.8, 4) is 5.75 Å². The lowest BCUT2D eigenvalue weighted by atomic mass is 10.0. The van der Waals surface area contributed by atoms with Gasteiger partial charge < -0.3 is 15.0 Å². The second kappa shape index (κ2) is 14.6. The van der Waals surface area contributed by atoms with Crippen molar-refractivity contribution in [1.82, 2.24) is 10.2 Å². The number of amides is 2. The van der Waals surface area contributed by atoms with Crippen LogP contribution in [0.5, 0.6) is 5.75 Å². The molecule has 0 aliphatic heterocycles. The van der Waals surface area contributed by atoms with Gasteiger partial charge in [-0.15, -0.1) is 0 Å². The van der Waals surface area contributed by atoms with E-state index in [0.717, 1.165) is 34.1 Å². The van der Waals surface area contributed by atoms with Gasteiger partial charge in [0.25, 0.3) is 10.0 Å². The molecule has 0 fully saturated rings. The zero-order valence-electron chi connectivity index (χ0n) is 24.3. The van der Waals surface area contributed by atoms with Crippen LogP contribution in [0.3, 0.4) is 0 Å². The van der Waals surface area contributed by atoms with E-state index in [4.69, 9.17) is 4.74 Å². The molecule has 1 atom stereocenters. The van der Waals surface area contributed by atoms with E-state index in [9.17, 15) is 26.8 Å². The summed E-state index contributed by atoms with van der Waals surface area (Å²) in [5.74, 6) is -1.98. The molecule has 4 aromatic rings. The van der Waals surface area contributed by atoms with Crippen molar-refractivity contribution >= 4 is 27.5 Å². The molecule has 0 saturated heterocycles. The summed E-state index contributed by atoms with van der Waals surface area (Å²) in [5.41, 5.74) is 1.03. The van der Waals surface area contributed by atoms with Crippen molar-refractivity contribution in [2.75, 3.05) is 24.5 Å². The lowest BCUT2D eigenvalue weighted by Crippen LogP contribution is -2.53. The first-order chi connectivity index (χ1) is 21.1. The second-order valence-electron chi connectivity index (χ2n) is 9.83. The van der Waals surface area contributed by atoms with Gasteiger partial charge in [0.2, 0.25) is 11.8 Å². The molecule has 11 heteroatoms. The smallest absolute Gasteiger partial charge is 0.264 e. The molecule has 0 aromatic heterocycles. The molecule has 0 aliphatic carbocycles. The van der Waals surface area contributed by atoms with E-state index in [-0.39, 0.29) is 29.1 Å². The van der Waals surface area contributed by atoms with Crippen molar-refractivity contribution in [3.05, 3.63) is 126 Å². The van der Waals surface area contributed by atoms with Gasteiger partial charge in [0, 0.05) is 25.6 Å². The number of hydrogen-bond acceptors (Lipinski definition) is 5. The first kappa shape index (κ1) is 32.2. The number of halogens is 2. The molecular formula is C33H33F2N3O5S. The van der Waals surface area contributed by atoms with Crippen molar-refractivity contribution in [3.63, 3.8) is 0 Å². The Morgan fingerprint density at radius 3 is 2.11 bits per heavy atom. The molecule has 0 saturated carbocycles. The van der Waals surface area contributed by atoms with Gasteiger partial charge in [-0.3, -0.25) is 13.9 Å². The van der Waals surface area contributed by atoms with E-state index in [0.29, 0.717) is 12.4 Å². The van der Waals surface area contributed by atoms with Crippen LogP contribution in [0.2, 0.25) is 0 Å². The minimum Gasteiger partial charge on any atom is -0.494 e. The monoisotopic (exact) mass is 621 g/mol. The summed E-state index contributed by atoms with van der Waals surface area (Å²) in [5, 5.41) is 2.58. The lowest BCUT2D eigenvalue weighted by molar-refractivity contribution is -0.139. The molecule has 4 rings (SSSR count). The van der Waals surface area contributed by atoms with Crippen LogP contribution in [0.4, 0.5) is 14.5 Å². The second-order valence-corrected chi connectivity index (χ2v) is 11.7. The van der Waals surface area contributed by atoms with Crippen LogP contribution in [-0.4, -0.2) is 51.4 Å². The average Bonchev–Trinajstić information content (AvgIpc) is 3.03. The molecule has 230 valence electrons. The Balaban J connectivity index is 1.79. The van der Waals surface area contributed by atoms with Gasteiger partial charge in [0.1, 0.15) is 30.0 Å². The topological polar surface area (TPSA) is 96.0 Å². The Kier molecular flexibility index (Phi) is 10.7. The van der Waals surface area contributed by atoms with Gasteiger partial charge in [0.15, 0.2) is 0 Å². The molecule has 0 radical (unpaired) electrons. The van der Waals surface area contributed by atoms with E-state index in [1.54, 1.807) is 49.4 Å². The van der Waals surface area contributed by atoms with E-state index in [1.165, 1.54) is 42.3 Å². The highest BCUT2D eigenvalue weighted by Crippen LogP contribution is 2.27. The Hall–Kier alpha value is -4.77. The summed E-state index contributed by atoms with van der Waals surface area (Å²) in [6, 6.07) is 24.1. The maximum atomic E-state index is 14.9. The zero-order chi connectivity index (χ0) is 31.7. The summed E-state index contributed by atoms with van der Waals surface area (Å²) >= 11 is 0. The van der Waals surface area contributed by atoms with Crippen molar-refractivity contribution in [2.24, 2.45) is 0 Å². The van der Waals surface area contributed by atoms with Crippen molar-refractivity contribution in [2.45, 2.75) is 30.8 Å².